The normalized spacial score (nSPS) is 33.9. The van der Waals surface area contributed by atoms with Crippen molar-refractivity contribution in [1.82, 2.24) is 10.6 Å². The Labute approximate surface area is 94.6 Å². The van der Waals surface area contributed by atoms with Gasteiger partial charge in [-0.1, -0.05) is 0 Å². The van der Waals surface area contributed by atoms with Crippen LogP contribution in [0.25, 0.3) is 0 Å². The first-order valence-electron chi connectivity index (χ1n) is 5.93. The fourth-order valence-electron chi connectivity index (χ4n) is 2.55. The van der Waals surface area contributed by atoms with Crippen molar-refractivity contribution in [2.45, 2.75) is 44.2 Å². The number of rotatable bonds is 3. The second-order valence-corrected chi connectivity index (χ2v) is 4.70. The highest BCUT2D eigenvalue weighted by Gasteiger charge is 2.32. The van der Waals surface area contributed by atoms with E-state index in [1.165, 1.54) is 0 Å². The topological polar surface area (TPSA) is 78.4 Å². The van der Waals surface area contributed by atoms with Crippen LogP contribution in [0.2, 0.25) is 0 Å². The van der Waals surface area contributed by atoms with Crippen molar-refractivity contribution in [3.63, 3.8) is 0 Å². The number of carboxylic acids is 1. The number of amides is 1. The summed E-state index contributed by atoms with van der Waals surface area (Å²) in [6.45, 7) is 0.903. The number of aliphatic carboxylic acids is 1. The summed E-state index contributed by atoms with van der Waals surface area (Å²) in [6.07, 6.45) is 3.98. The molecule has 5 nitrogen and oxygen atoms in total. The number of hydrogen-bond donors (Lipinski definition) is 3. The van der Waals surface area contributed by atoms with Crippen LogP contribution in [-0.2, 0) is 9.59 Å². The molecular formula is C11H18N2O3. The Morgan fingerprint density at radius 2 is 2.06 bits per heavy atom. The van der Waals surface area contributed by atoms with E-state index in [2.05, 4.69) is 10.6 Å². The van der Waals surface area contributed by atoms with E-state index in [0.29, 0.717) is 12.8 Å². The number of carbonyl (C=O) groups excluding carboxylic acids is 1. The molecule has 0 bridgehead atoms. The van der Waals surface area contributed by atoms with Crippen LogP contribution in [0, 0.1) is 5.92 Å². The van der Waals surface area contributed by atoms with Gasteiger partial charge in [0.1, 0.15) is 0 Å². The molecular weight excluding hydrogens is 208 g/mol. The lowest BCUT2D eigenvalue weighted by molar-refractivity contribution is -0.141. The fourth-order valence-corrected chi connectivity index (χ4v) is 2.55. The van der Waals surface area contributed by atoms with Gasteiger partial charge in [0.2, 0.25) is 5.91 Å². The van der Waals surface area contributed by atoms with E-state index in [9.17, 15) is 9.59 Å². The van der Waals surface area contributed by atoms with Gasteiger partial charge in [-0.3, -0.25) is 9.59 Å². The molecule has 90 valence electrons. The Balaban J connectivity index is 1.78. The van der Waals surface area contributed by atoms with E-state index in [1.54, 1.807) is 0 Å². The van der Waals surface area contributed by atoms with Crippen molar-refractivity contribution < 1.29 is 14.7 Å². The molecule has 3 N–H and O–H groups in total. The smallest absolute Gasteiger partial charge is 0.306 e. The zero-order valence-electron chi connectivity index (χ0n) is 9.24. The largest absolute Gasteiger partial charge is 0.481 e. The highest BCUT2D eigenvalue weighted by atomic mass is 16.4. The summed E-state index contributed by atoms with van der Waals surface area (Å²) in [4.78, 5) is 22.5. The summed E-state index contributed by atoms with van der Waals surface area (Å²) in [7, 11) is 0. The first-order chi connectivity index (χ1) is 7.66. The molecule has 0 aromatic rings. The van der Waals surface area contributed by atoms with E-state index >= 15 is 0 Å². The lowest BCUT2D eigenvalue weighted by Crippen LogP contribution is -2.44. The molecule has 0 aromatic carbocycles. The predicted octanol–water partition coefficient (Wildman–Crippen LogP) is 0.108. The Morgan fingerprint density at radius 1 is 1.25 bits per heavy atom. The quantitative estimate of drug-likeness (QED) is 0.638. The van der Waals surface area contributed by atoms with Crippen LogP contribution >= 0.6 is 0 Å². The van der Waals surface area contributed by atoms with Crippen molar-refractivity contribution >= 4 is 11.9 Å². The van der Waals surface area contributed by atoms with Gasteiger partial charge in [0.15, 0.2) is 0 Å². The molecule has 5 heteroatoms. The average molecular weight is 226 g/mol. The standard InChI is InChI=1S/C11H18N2O3/c14-10(9-2-1-5-12-9)13-8-4-3-7(6-8)11(15)16/h7-9,12H,1-6H2,(H,13,14)(H,15,16)/t7?,8?,9-/m1/s1. The number of nitrogens with one attached hydrogen (secondary N) is 2. The van der Waals surface area contributed by atoms with Crippen LogP contribution in [0.1, 0.15) is 32.1 Å². The lowest BCUT2D eigenvalue weighted by atomic mass is 10.1. The maximum Gasteiger partial charge on any atom is 0.306 e. The summed E-state index contributed by atoms with van der Waals surface area (Å²) in [5, 5.41) is 14.9. The van der Waals surface area contributed by atoms with Gasteiger partial charge in [0, 0.05) is 6.04 Å². The predicted molar refractivity (Wildman–Crippen MR) is 57.9 cm³/mol. The molecule has 0 radical (unpaired) electrons. The van der Waals surface area contributed by atoms with Gasteiger partial charge in [-0.2, -0.15) is 0 Å². The van der Waals surface area contributed by atoms with Crippen LogP contribution in [0.4, 0.5) is 0 Å². The van der Waals surface area contributed by atoms with Gasteiger partial charge in [-0.05, 0) is 38.6 Å². The number of carboxylic acid groups (broad SMARTS) is 1. The van der Waals surface area contributed by atoms with Crippen molar-refractivity contribution in [2.24, 2.45) is 5.92 Å². The molecule has 2 unspecified atom stereocenters. The molecule has 1 amide bonds. The minimum absolute atomic E-state index is 0.0357. The molecule has 1 saturated carbocycles. The summed E-state index contributed by atoms with van der Waals surface area (Å²) in [5.41, 5.74) is 0. The second kappa shape index (κ2) is 4.82. The average Bonchev–Trinajstić information content (AvgIpc) is 2.87. The van der Waals surface area contributed by atoms with Gasteiger partial charge in [-0.15, -0.1) is 0 Å². The Kier molecular flexibility index (Phi) is 3.43. The zero-order chi connectivity index (χ0) is 11.5. The molecule has 0 spiro atoms. The van der Waals surface area contributed by atoms with Gasteiger partial charge < -0.3 is 15.7 Å². The maximum atomic E-state index is 11.8. The molecule has 1 heterocycles. The molecule has 0 aromatic heterocycles. The van der Waals surface area contributed by atoms with E-state index in [4.69, 9.17) is 5.11 Å². The Hall–Kier alpha value is -1.10. The highest BCUT2D eigenvalue weighted by Crippen LogP contribution is 2.25. The third-order valence-corrected chi connectivity index (χ3v) is 3.51. The number of hydrogen-bond acceptors (Lipinski definition) is 3. The van der Waals surface area contributed by atoms with Gasteiger partial charge in [0.25, 0.3) is 0 Å². The van der Waals surface area contributed by atoms with E-state index in [0.717, 1.165) is 25.8 Å². The maximum absolute atomic E-state index is 11.8. The van der Waals surface area contributed by atoms with E-state index in [1.807, 2.05) is 0 Å². The molecule has 1 aliphatic carbocycles. The summed E-state index contributed by atoms with van der Waals surface area (Å²) < 4.78 is 0. The first kappa shape index (κ1) is 11.4. The lowest BCUT2D eigenvalue weighted by Gasteiger charge is -2.16. The second-order valence-electron chi connectivity index (χ2n) is 4.70. The summed E-state index contributed by atoms with van der Waals surface area (Å²) >= 11 is 0. The fraction of sp³-hybridized carbons (Fsp3) is 0.818. The molecule has 2 rings (SSSR count). The molecule has 1 aliphatic heterocycles. The third kappa shape index (κ3) is 2.52. The highest BCUT2D eigenvalue weighted by molar-refractivity contribution is 5.82. The minimum atomic E-state index is -0.740. The Morgan fingerprint density at radius 3 is 2.62 bits per heavy atom. The van der Waals surface area contributed by atoms with Gasteiger partial charge in [0.05, 0.1) is 12.0 Å². The van der Waals surface area contributed by atoms with Gasteiger partial charge in [-0.25, -0.2) is 0 Å². The number of carbonyl (C=O) groups is 2. The summed E-state index contributed by atoms with van der Waals surface area (Å²) in [5.74, 6) is -0.980. The minimum Gasteiger partial charge on any atom is -0.481 e. The van der Waals surface area contributed by atoms with Crippen LogP contribution < -0.4 is 10.6 Å². The molecule has 2 fully saturated rings. The van der Waals surface area contributed by atoms with Crippen LogP contribution in [-0.4, -0.2) is 35.6 Å². The zero-order valence-corrected chi connectivity index (χ0v) is 9.24. The van der Waals surface area contributed by atoms with Crippen LogP contribution in [0.5, 0.6) is 0 Å². The van der Waals surface area contributed by atoms with Gasteiger partial charge >= 0.3 is 5.97 Å². The van der Waals surface area contributed by atoms with Crippen LogP contribution in [0.3, 0.4) is 0 Å². The SMILES string of the molecule is O=C(O)C1CCC(NC(=O)[C@H]2CCCN2)C1. The van der Waals surface area contributed by atoms with Crippen molar-refractivity contribution in [3.05, 3.63) is 0 Å². The molecule has 3 atom stereocenters. The van der Waals surface area contributed by atoms with E-state index < -0.39 is 5.97 Å². The summed E-state index contributed by atoms with van der Waals surface area (Å²) in [6, 6.07) is -0.0140. The molecule has 16 heavy (non-hydrogen) atoms. The van der Waals surface area contributed by atoms with Crippen LogP contribution in [0.15, 0.2) is 0 Å². The third-order valence-electron chi connectivity index (χ3n) is 3.51. The molecule has 1 saturated heterocycles. The monoisotopic (exact) mass is 226 g/mol. The van der Waals surface area contributed by atoms with E-state index in [-0.39, 0.29) is 23.9 Å². The van der Waals surface area contributed by atoms with Crippen molar-refractivity contribution in [1.29, 1.82) is 0 Å². The first-order valence-corrected chi connectivity index (χ1v) is 5.93. The Bertz CT molecular complexity index is 287. The van der Waals surface area contributed by atoms with Crippen molar-refractivity contribution in [3.8, 4) is 0 Å². The van der Waals surface area contributed by atoms with Crippen molar-refractivity contribution in [2.75, 3.05) is 6.54 Å². The molecule has 2 aliphatic rings.